The summed E-state index contributed by atoms with van der Waals surface area (Å²) in [7, 11) is 1.80. The van der Waals surface area contributed by atoms with E-state index in [1.807, 2.05) is 0 Å². The van der Waals surface area contributed by atoms with Crippen LogP contribution in [0.3, 0.4) is 0 Å². The predicted molar refractivity (Wildman–Crippen MR) is 69.1 cm³/mol. The monoisotopic (exact) mass is 241 g/mol. The highest BCUT2D eigenvalue weighted by Crippen LogP contribution is 2.28. The van der Waals surface area contributed by atoms with Crippen molar-refractivity contribution in [3.05, 3.63) is 0 Å². The lowest BCUT2D eigenvalue weighted by Crippen LogP contribution is -2.41. The van der Waals surface area contributed by atoms with Crippen LogP contribution in [0.15, 0.2) is 0 Å². The second-order valence-electron chi connectivity index (χ2n) is 5.78. The van der Waals surface area contributed by atoms with Crippen LogP contribution in [0, 0.1) is 5.92 Å². The molecule has 1 N–H and O–H groups in total. The Labute approximate surface area is 105 Å². The first-order valence-electron chi connectivity index (χ1n) is 7.21. The first kappa shape index (κ1) is 13.3. The molecule has 3 heteroatoms. The number of nitrogens with zero attached hydrogens (tertiary/aromatic N) is 1. The van der Waals surface area contributed by atoms with Crippen LogP contribution in [0.4, 0.5) is 0 Å². The number of aliphatic hydroxyl groups excluding tert-OH is 1. The van der Waals surface area contributed by atoms with Gasteiger partial charge in [-0.2, -0.15) is 0 Å². The molecule has 17 heavy (non-hydrogen) atoms. The Kier molecular flexibility index (Phi) is 5.26. The van der Waals surface area contributed by atoms with Gasteiger partial charge >= 0.3 is 0 Å². The molecular formula is C14H27NO2. The minimum Gasteiger partial charge on any atom is -0.392 e. The summed E-state index contributed by atoms with van der Waals surface area (Å²) in [6.45, 7) is 3.04. The van der Waals surface area contributed by atoms with Crippen LogP contribution in [-0.2, 0) is 4.74 Å². The molecule has 0 bridgehead atoms. The van der Waals surface area contributed by atoms with Crippen LogP contribution in [0.2, 0.25) is 0 Å². The molecule has 1 saturated heterocycles. The van der Waals surface area contributed by atoms with Gasteiger partial charge in [-0.3, -0.25) is 0 Å². The number of rotatable bonds is 5. The van der Waals surface area contributed by atoms with Gasteiger partial charge in [-0.15, -0.1) is 0 Å². The number of hydrogen-bond donors (Lipinski definition) is 1. The summed E-state index contributed by atoms with van der Waals surface area (Å²) >= 11 is 0. The quantitative estimate of drug-likeness (QED) is 0.799. The van der Waals surface area contributed by atoms with E-state index in [0.717, 1.165) is 44.8 Å². The fraction of sp³-hybridized carbons (Fsp3) is 1.00. The fourth-order valence-electron chi connectivity index (χ4n) is 3.33. The second-order valence-corrected chi connectivity index (χ2v) is 5.78. The summed E-state index contributed by atoms with van der Waals surface area (Å²) in [6.07, 6.45) is 9.00. The zero-order chi connectivity index (χ0) is 12.1. The summed E-state index contributed by atoms with van der Waals surface area (Å²) in [5.74, 6) is 0.793. The van der Waals surface area contributed by atoms with Crippen molar-refractivity contribution in [1.82, 2.24) is 4.90 Å². The van der Waals surface area contributed by atoms with E-state index in [0.29, 0.717) is 6.10 Å². The first-order valence-corrected chi connectivity index (χ1v) is 7.21. The van der Waals surface area contributed by atoms with E-state index in [-0.39, 0.29) is 6.10 Å². The molecule has 1 atom stereocenters. The van der Waals surface area contributed by atoms with Crippen molar-refractivity contribution < 1.29 is 9.84 Å². The van der Waals surface area contributed by atoms with E-state index in [4.69, 9.17) is 4.74 Å². The van der Waals surface area contributed by atoms with Crippen LogP contribution < -0.4 is 0 Å². The van der Waals surface area contributed by atoms with Crippen molar-refractivity contribution in [1.29, 1.82) is 0 Å². The molecule has 1 aliphatic heterocycles. The lowest BCUT2D eigenvalue weighted by Gasteiger charge is -2.32. The summed E-state index contributed by atoms with van der Waals surface area (Å²) < 4.78 is 5.36. The minimum atomic E-state index is -0.114. The van der Waals surface area contributed by atoms with E-state index >= 15 is 0 Å². The van der Waals surface area contributed by atoms with Crippen molar-refractivity contribution in [3.8, 4) is 0 Å². The zero-order valence-corrected chi connectivity index (χ0v) is 11.1. The summed E-state index contributed by atoms with van der Waals surface area (Å²) in [4.78, 5) is 2.40. The molecule has 100 valence electrons. The van der Waals surface area contributed by atoms with Crippen molar-refractivity contribution in [2.75, 3.05) is 26.7 Å². The molecule has 0 aromatic carbocycles. The number of piperidine rings is 1. The highest BCUT2D eigenvalue weighted by molar-refractivity contribution is 4.77. The van der Waals surface area contributed by atoms with Crippen molar-refractivity contribution in [2.45, 2.75) is 57.2 Å². The fourth-order valence-corrected chi connectivity index (χ4v) is 3.33. The molecule has 2 aliphatic rings. The molecule has 0 amide bonds. The number of hydrogen-bond acceptors (Lipinski definition) is 3. The summed E-state index contributed by atoms with van der Waals surface area (Å²) in [6, 6.07) is 0. The molecule has 3 nitrogen and oxygen atoms in total. The maximum atomic E-state index is 10.1. The Morgan fingerprint density at radius 2 is 1.82 bits per heavy atom. The van der Waals surface area contributed by atoms with Crippen molar-refractivity contribution in [2.24, 2.45) is 5.92 Å². The second kappa shape index (κ2) is 6.72. The third-order valence-electron chi connectivity index (χ3n) is 4.42. The van der Waals surface area contributed by atoms with Gasteiger partial charge in [-0.05, 0) is 25.2 Å². The summed E-state index contributed by atoms with van der Waals surface area (Å²) in [5.41, 5.74) is 0. The zero-order valence-electron chi connectivity index (χ0n) is 11.1. The normalized spacial score (nSPS) is 26.5. The molecule has 1 aliphatic carbocycles. The van der Waals surface area contributed by atoms with Gasteiger partial charge < -0.3 is 14.7 Å². The highest BCUT2D eigenvalue weighted by atomic mass is 16.5. The first-order chi connectivity index (χ1) is 8.28. The third kappa shape index (κ3) is 4.23. The molecular weight excluding hydrogens is 214 g/mol. The SMILES string of the molecule is COC1CCN(CC(O)CC2CCCC2)CC1. The van der Waals surface area contributed by atoms with Crippen molar-refractivity contribution in [3.63, 3.8) is 0 Å². The molecule has 0 aromatic heterocycles. The van der Waals surface area contributed by atoms with Gasteiger partial charge in [-0.25, -0.2) is 0 Å². The highest BCUT2D eigenvalue weighted by Gasteiger charge is 2.23. The van der Waals surface area contributed by atoms with Crippen LogP contribution in [-0.4, -0.2) is 49.0 Å². The van der Waals surface area contributed by atoms with Gasteiger partial charge in [0, 0.05) is 26.7 Å². The number of aliphatic hydroxyl groups is 1. The van der Waals surface area contributed by atoms with Crippen LogP contribution in [0.5, 0.6) is 0 Å². The van der Waals surface area contributed by atoms with Gasteiger partial charge in [0.25, 0.3) is 0 Å². The largest absolute Gasteiger partial charge is 0.392 e. The maximum Gasteiger partial charge on any atom is 0.0669 e. The number of ether oxygens (including phenoxy) is 1. The molecule has 0 aromatic rings. The lowest BCUT2D eigenvalue weighted by atomic mass is 9.99. The van der Waals surface area contributed by atoms with Crippen molar-refractivity contribution >= 4 is 0 Å². The average Bonchev–Trinajstić information content (AvgIpc) is 2.82. The average molecular weight is 241 g/mol. The molecule has 0 spiro atoms. The van der Waals surface area contributed by atoms with Gasteiger partial charge in [-0.1, -0.05) is 25.7 Å². The van der Waals surface area contributed by atoms with E-state index in [1.165, 1.54) is 25.7 Å². The third-order valence-corrected chi connectivity index (χ3v) is 4.42. The Morgan fingerprint density at radius 3 is 2.41 bits per heavy atom. The van der Waals surface area contributed by atoms with Crippen LogP contribution in [0.25, 0.3) is 0 Å². The Morgan fingerprint density at radius 1 is 1.18 bits per heavy atom. The van der Waals surface area contributed by atoms with Gasteiger partial charge in [0.1, 0.15) is 0 Å². The van der Waals surface area contributed by atoms with Crippen LogP contribution in [0.1, 0.15) is 44.9 Å². The molecule has 0 radical (unpaired) electrons. The lowest BCUT2D eigenvalue weighted by molar-refractivity contribution is 0.0204. The Bertz CT molecular complexity index is 208. The smallest absolute Gasteiger partial charge is 0.0669 e. The number of methoxy groups -OCH3 is 1. The number of β-amino-alcohol motifs (C(OH)–C–C–N with tert-alkyl or cyclic N) is 1. The van der Waals surface area contributed by atoms with Gasteiger partial charge in [0.05, 0.1) is 12.2 Å². The summed E-state index contributed by atoms with van der Waals surface area (Å²) in [5, 5.41) is 10.1. The maximum absolute atomic E-state index is 10.1. The van der Waals surface area contributed by atoms with E-state index in [9.17, 15) is 5.11 Å². The molecule has 1 heterocycles. The predicted octanol–water partition coefficient (Wildman–Crippen LogP) is 2.04. The van der Waals surface area contributed by atoms with Gasteiger partial charge in [0.15, 0.2) is 0 Å². The molecule has 1 unspecified atom stereocenters. The van der Waals surface area contributed by atoms with E-state index < -0.39 is 0 Å². The van der Waals surface area contributed by atoms with Gasteiger partial charge in [0.2, 0.25) is 0 Å². The van der Waals surface area contributed by atoms with Crippen LogP contribution >= 0.6 is 0 Å². The molecule has 2 fully saturated rings. The molecule has 2 rings (SSSR count). The topological polar surface area (TPSA) is 32.7 Å². The van der Waals surface area contributed by atoms with E-state index in [2.05, 4.69) is 4.90 Å². The number of likely N-dealkylation sites (tertiary alicyclic amines) is 1. The standard InChI is InChI=1S/C14H27NO2/c1-17-14-6-8-15(9-7-14)11-13(16)10-12-4-2-3-5-12/h12-14,16H,2-11H2,1H3. The Balaban J connectivity index is 1.63. The minimum absolute atomic E-state index is 0.114. The van der Waals surface area contributed by atoms with E-state index in [1.54, 1.807) is 7.11 Å². The Hall–Kier alpha value is -0.120. The molecule has 1 saturated carbocycles.